The van der Waals surface area contributed by atoms with Gasteiger partial charge in [0.15, 0.2) is 5.65 Å². The highest BCUT2D eigenvalue weighted by Crippen LogP contribution is 2.27. The Morgan fingerprint density at radius 1 is 1.00 bits per heavy atom. The monoisotopic (exact) mass is 313 g/mol. The summed E-state index contributed by atoms with van der Waals surface area (Å²) in [5.74, 6) is 0.530. The third-order valence-electron chi connectivity index (χ3n) is 2.41. The minimum atomic E-state index is 0.118. The van der Waals surface area contributed by atoms with Crippen LogP contribution in [0.4, 0.5) is 11.5 Å². The Kier molecular flexibility index (Phi) is 3.18. The van der Waals surface area contributed by atoms with Gasteiger partial charge in [-0.1, -0.05) is 23.2 Å². The molecule has 8 heteroatoms. The lowest BCUT2D eigenvalue weighted by Crippen LogP contribution is -1.96. The molecule has 0 radical (unpaired) electrons. The molecular weight excluding hydrogens is 309 g/mol. The van der Waals surface area contributed by atoms with Gasteiger partial charge in [0.1, 0.15) is 5.82 Å². The Hall–Kier alpha value is -1.56. The van der Waals surface area contributed by atoms with Crippen molar-refractivity contribution >= 4 is 57.3 Å². The summed E-state index contributed by atoms with van der Waals surface area (Å²) in [5.41, 5.74) is 1.25. The van der Waals surface area contributed by atoms with Gasteiger partial charge in [0.2, 0.25) is 5.28 Å². The minimum Gasteiger partial charge on any atom is -0.339 e. The Morgan fingerprint density at radius 3 is 2.47 bits per heavy atom. The minimum absolute atomic E-state index is 0.118. The molecule has 0 saturated carbocycles. The van der Waals surface area contributed by atoms with Crippen LogP contribution in [0, 0.1) is 0 Å². The number of aromatic nitrogens is 4. The summed E-state index contributed by atoms with van der Waals surface area (Å²) in [5, 5.41) is 11.6. The third kappa shape index (κ3) is 2.58. The van der Waals surface area contributed by atoms with Gasteiger partial charge in [-0.25, -0.2) is 0 Å². The van der Waals surface area contributed by atoms with Crippen molar-refractivity contribution in [2.45, 2.75) is 0 Å². The predicted octanol–water partition coefficient (Wildman–Crippen LogP) is 4.06. The van der Waals surface area contributed by atoms with E-state index in [9.17, 15) is 0 Å². The quantitative estimate of drug-likeness (QED) is 0.700. The fourth-order valence-corrected chi connectivity index (χ4v) is 2.36. The van der Waals surface area contributed by atoms with Crippen LogP contribution in [-0.4, -0.2) is 20.2 Å². The number of anilines is 2. The van der Waals surface area contributed by atoms with Crippen LogP contribution in [0.25, 0.3) is 11.0 Å². The SMILES string of the molecule is Clc1cc(Cl)cc(Nc2nc(Cl)nc3[nH]ncc23)c1. The number of rotatable bonds is 2. The zero-order valence-electron chi connectivity index (χ0n) is 9.28. The molecule has 19 heavy (non-hydrogen) atoms. The Morgan fingerprint density at radius 2 is 1.74 bits per heavy atom. The van der Waals surface area contributed by atoms with Crippen molar-refractivity contribution in [2.24, 2.45) is 0 Å². The number of fused-ring (bicyclic) bond motifs is 1. The van der Waals surface area contributed by atoms with Crippen LogP contribution >= 0.6 is 34.8 Å². The van der Waals surface area contributed by atoms with Crippen molar-refractivity contribution in [1.29, 1.82) is 0 Å². The molecule has 96 valence electrons. The van der Waals surface area contributed by atoms with Crippen LogP contribution < -0.4 is 5.32 Å². The van der Waals surface area contributed by atoms with Crippen LogP contribution in [0.5, 0.6) is 0 Å². The second-order valence-electron chi connectivity index (χ2n) is 3.76. The molecule has 2 heterocycles. The van der Waals surface area contributed by atoms with E-state index < -0.39 is 0 Å². The number of hydrogen-bond acceptors (Lipinski definition) is 4. The maximum absolute atomic E-state index is 5.94. The maximum Gasteiger partial charge on any atom is 0.226 e. The number of benzene rings is 1. The standard InChI is InChI=1S/C11H6Cl3N5/c12-5-1-6(13)3-7(2-5)16-9-8-4-15-19-10(8)18-11(14)17-9/h1-4H,(H2,15,16,17,18,19). The van der Waals surface area contributed by atoms with Crippen LogP contribution in [0.3, 0.4) is 0 Å². The highest BCUT2D eigenvalue weighted by atomic mass is 35.5. The molecule has 0 fully saturated rings. The molecule has 1 aromatic carbocycles. The van der Waals surface area contributed by atoms with Gasteiger partial charge in [-0.3, -0.25) is 5.10 Å². The van der Waals surface area contributed by atoms with E-state index in [2.05, 4.69) is 25.5 Å². The van der Waals surface area contributed by atoms with Crippen LogP contribution in [0.15, 0.2) is 24.4 Å². The van der Waals surface area contributed by atoms with E-state index in [-0.39, 0.29) is 5.28 Å². The van der Waals surface area contributed by atoms with Gasteiger partial charge in [0.05, 0.1) is 11.6 Å². The van der Waals surface area contributed by atoms with Crippen molar-refractivity contribution in [2.75, 3.05) is 5.32 Å². The van der Waals surface area contributed by atoms with Crippen LogP contribution in [0.2, 0.25) is 15.3 Å². The van der Waals surface area contributed by atoms with Crippen molar-refractivity contribution < 1.29 is 0 Å². The fourth-order valence-electron chi connectivity index (χ4n) is 1.67. The number of H-pyrrole nitrogens is 1. The van der Waals surface area contributed by atoms with Gasteiger partial charge in [-0.2, -0.15) is 15.1 Å². The second kappa shape index (κ2) is 4.85. The molecule has 3 rings (SSSR count). The largest absolute Gasteiger partial charge is 0.339 e. The molecule has 0 aliphatic rings. The van der Waals surface area contributed by atoms with E-state index in [0.717, 1.165) is 5.39 Å². The predicted molar refractivity (Wildman–Crippen MR) is 76.4 cm³/mol. The lowest BCUT2D eigenvalue weighted by atomic mass is 10.3. The van der Waals surface area contributed by atoms with Crippen LogP contribution in [0.1, 0.15) is 0 Å². The molecule has 0 atom stereocenters. The summed E-state index contributed by atoms with van der Waals surface area (Å²) in [6.07, 6.45) is 1.61. The topological polar surface area (TPSA) is 66.5 Å². The number of nitrogens with one attached hydrogen (secondary N) is 2. The molecule has 0 bridgehead atoms. The zero-order valence-corrected chi connectivity index (χ0v) is 11.6. The Balaban J connectivity index is 2.07. The van der Waals surface area contributed by atoms with Crippen molar-refractivity contribution in [3.63, 3.8) is 0 Å². The van der Waals surface area contributed by atoms with Gasteiger partial charge in [-0.05, 0) is 29.8 Å². The molecule has 5 nitrogen and oxygen atoms in total. The molecule has 0 unspecified atom stereocenters. The average molecular weight is 315 g/mol. The summed E-state index contributed by atoms with van der Waals surface area (Å²) in [6, 6.07) is 5.11. The van der Waals surface area contributed by atoms with Crippen molar-refractivity contribution in [1.82, 2.24) is 20.2 Å². The van der Waals surface area contributed by atoms with Gasteiger partial charge in [-0.15, -0.1) is 0 Å². The number of nitrogens with zero attached hydrogens (tertiary/aromatic N) is 3. The van der Waals surface area contributed by atoms with Crippen LogP contribution in [-0.2, 0) is 0 Å². The second-order valence-corrected chi connectivity index (χ2v) is 4.97. The average Bonchev–Trinajstić information content (AvgIpc) is 2.75. The first-order valence-corrected chi connectivity index (χ1v) is 6.35. The molecule has 3 aromatic rings. The van der Waals surface area contributed by atoms with Gasteiger partial charge in [0.25, 0.3) is 0 Å². The lowest BCUT2D eigenvalue weighted by molar-refractivity contribution is 1.09. The molecule has 0 saturated heterocycles. The fraction of sp³-hybridized carbons (Fsp3) is 0. The smallest absolute Gasteiger partial charge is 0.226 e. The number of halogens is 3. The molecular formula is C11H6Cl3N5. The lowest BCUT2D eigenvalue weighted by Gasteiger charge is -2.07. The number of hydrogen-bond donors (Lipinski definition) is 2. The van der Waals surface area contributed by atoms with Gasteiger partial charge in [0, 0.05) is 15.7 Å². The Bertz CT molecular complexity index is 735. The summed E-state index contributed by atoms with van der Waals surface area (Å²) in [4.78, 5) is 8.14. The molecule has 0 amide bonds. The van der Waals surface area contributed by atoms with E-state index in [0.29, 0.717) is 27.2 Å². The first-order chi connectivity index (χ1) is 9.11. The maximum atomic E-state index is 5.94. The van der Waals surface area contributed by atoms with E-state index in [1.165, 1.54) is 0 Å². The summed E-state index contributed by atoms with van der Waals surface area (Å²) in [7, 11) is 0. The summed E-state index contributed by atoms with van der Waals surface area (Å²) >= 11 is 17.7. The zero-order chi connectivity index (χ0) is 13.4. The van der Waals surface area contributed by atoms with Gasteiger partial charge < -0.3 is 5.32 Å². The summed E-state index contributed by atoms with van der Waals surface area (Å²) in [6.45, 7) is 0. The van der Waals surface area contributed by atoms with E-state index in [1.807, 2.05) is 0 Å². The van der Waals surface area contributed by atoms with Gasteiger partial charge >= 0.3 is 0 Å². The number of aromatic amines is 1. The summed E-state index contributed by atoms with van der Waals surface area (Å²) < 4.78 is 0. The van der Waals surface area contributed by atoms with E-state index in [4.69, 9.17) is 34.8 Å². The first-order valence-electron chi connectivity index (χ1n) is 5.21. The molecule has 0 aliphatic carbocycles. The van der Waals surface area contributed by atoms with E-state index >= 15 is 0 Å². The van der Waals surface area contributed by atoms with Crippen molar-refractivity contribution in [3.8, 4) is 0 Å². The van der Waals surface area contributed by atoms with Crippen molar-refractivity contribution in [3.05, 3.63) is 39.7 Å². The molecule has 2 N–H and O–H groups in total. The normalized spacial score (nSPS) is 10.9. The Labute approximate surface area is 122 Å². The molecule has 0 spiro atoms. The first kappa shape index (κ1) is 12.5. The highest BCUT2D eigenvalue weighted by Gasteiger charge is 2.09. The highest BCUT2D eigenvalue weighted by molar-refractivity contribution is 6.35. The van der Waals surface area contributed by atoms with E-state index in [1.54, 1.807) is 24.4 Å². The molecule has 0 aliphatic heterocycles. The molecule has 2 aromatic heterocycles. The third-order valence-corrected chi connectivity index (χ3v) is 3.01.